The fourth-order valence-electron chi connectivity index (χ4n) is 1.45. The number of carboxylic acid groups (broad SMARTS) is 1. The summed E-state index contributed by atoms with van der Waals surface area (Å²) in [4.78, 5) is 10.1. The second-order valence-corrected chi connectivity index (χ2v) is 2.91. The Hall–Kier alpha value is -1.08. The maximum Gasteiger partial charge on any atom is 0.329 e. The molecule has 4 heteroatoms. The maximum absolute atomic E-state index is 10.1. The lowest BCUT2D eigenvalue weighted by molar-refractivity contribution is -0.144. The van der Waals surface area contributed by atoms with E-state index in [4.69, 9.17) is 15.1 Å². The summed E-state index contributed by atoms with van der Waals surface area (Å²) in [5.41, 5.74) is 0. The number of hydrogen-bond acceptors (Lipinski definition) is 3. The summed E-state index contributed by atoms with van der Waals surface area (Å²) < 4.78 is 5.05. The van der Waals surface area contributed by atoms with Crippen molar-refractivity contribution >= 4 is 5.97 Å². The highest BCUT2D eigenvalue weighted by Crippen LogP contribution is 2.27. The molecule has 1 aliphatic rings. The summed E-state index contributed by atoms with van der Waals surface area (Å²) in [5, 5.41) is 16.9. The number of rotatable bonds is 3. The zero-order valence-electron chi connectivity index (χ0n) is 6.69. The Balaban J connectivity index is 2.32. The zero-order valence-corrected chi connectivity index (χ0v) is 6.69. The van der Waals surface area contributed by atoms with E-state index in [9.17, 15) is 4.79 Å². The van der Waals surface area contributed by atoms with Crippen molar-refractivity contribution in [3.63, 3.8) is 0 Å². The van der Waals surface area contributed by atoms with Crippen LogP contribution in [0.4, 0.5) is 0 Å². The number of carboxylic acids is 1. The molecule has 1 fully saturated rings. The molecule has 2 atom stereocenters. The second kappa shape index (κ2) is 4.07. The van der Waals surface area contributed by atoms with Crippen LogP contribution in [0.1, 0.15) is 19.3 Å². The van der Waals surface area contributed by atoms with E-state index in [1.807, 2.05) is 0 Å². The van der Waals surface area contributed by atoms with Crippen molar-refractivity contribution in [2.45, 2.75) is 25.4 Å². The molecular formula is C8H11NO3. The Morgan fingerprint density at radius 3 is 3.00 bits per heavy atom. The van der Waals surface area contributed by atoms with Gasteiger partial charge in [0.2, 0.25) is 0 Å². The molecule has 0 heterocycles. The van der Waals surface area contributed by atoms with E-state index >= 15 is 0 Å². The number of nitrogens with zero attached hydrogens (tertiary/aromatic N) is 1. The molecule has 0 radical (unpaired) electrons. The van der Waals surface area contributed by atoms with Crippen molar-refractivity contribution in [3.8, 4) is 6.07 Å². The lowest BCUT2D eigenvalue weighted by Crippen LogP contribution is -2.20. The number of hydrogen-bond donors (Lipinski definition) is 1. The van der Waals surface area contributed by atoms with Gasteiger partial charge in [-0.3, -0.25) is 0 Å². The van der Waals surface area contributed by atoms with Gasteiger partial charge in [0.1, 0.15) is 6.61 Å². The summed E-state index contributed by atoms with van der Waals surface area (Å²) in [6.07, 6.45) is 2.44. The molecule has 0 amide bonds. The van der Waals surface area contributed by atoms with Gasteiger partial charge < -0.3 is 9.84 Å². The highest BCUT2D eigenvalue weighted by Gasteiger charge is 2.28. The normalized spacial score (nSPS) is 28.2. The molecular weight excluding hydrogens is 158 g/mol. The van der Waals surface area contributed by atoms with Gasteiger partial charge in [-0.2, -0.15) is 5.26 Å². The molecule has 1 aliphatic carbocycles. The first-order valence-electron chi connectivity index (χ1n) is 3.97. The standard InChI is InChI=1S/C8H11NO3/c9-4-6-2-1-3-7(6)12-5-8(10)11/h6-7H,1-3,5H2,(H,10,11). The van der Waals surface area contributed by atoms with Gasteiger partial charge in [-0.1, -0.05) is 0 Å². The molecule has 66 valence electrons. The molecule has 4 nitrogen and oxygen atoms in total. The molecule has 0 spiro atoms. The molecule has 1 N–H and O–H groups in total. The van der Waals surface area contributed by atoms with Crippen LogP contribution in [0, 0.1) is 17.2 Å². The third-order valence-electron chi connectivity index (χ3n) is 2.04. The van der Waals surface area contributed by atoms with E-state index in [-0.39, 0.29) is 18.6 Å². The van der Waals surface area contributed by atoms with E-state index in [2.05, 4.69) is 6.07 Å². The smallest absolute Gasteiger partial charge is 0.329 e. The summed E-state index contributed by atoms with van der Waals surface area (Å²) in [5.74, 6) is -1.08. The number of nitriles is 1. The summed E-state index contributed by atoms with van der Waals surface area (Å²) in [6, 6.07) is 2.12. The second-order valence-electron chi connectivity index (χ2n) is 2.91. The van der Waals surface area contributed by atoms with Crippen LogP contribution in [0.2, 0.25) is 0 Å². The van der Waals surface area contributed by atoms with E-state index < -0.39 is 5.97 Å². The molecule has 1 saturated carbocycles. The lowest BCUT2D eigenvalue weighted by Gasteiger charge is -2.12. The topological polar surface area (TPSA) is 70.3 Å². The van der Waals surface area contributed by atoms with Crippen molar-refractivity contribution < 1.29 is 14.6 Å². The molecule has 0 aromatic heterocycles. The van der Waals surface area contributed by atoms with Gasteiger partial charge in [0.05, 0.1) is 18.1 Å². The highest BCUT2D eigenvalue weighted by molar-refractivity contribution is 5.68. The van der Waals surface area contributed by atoms with Gasteiger partial charge in [0.25, 0.3) is 0 Å². The predicted molar refractivity (Wildman–Crippen MR) is 40.3 cm³/mol. The minimum Gasteiger partial charge on any atom is -0.480 e. The first-order chi connectivity index (χ1) is 5.74. The van der Waals surface area contributed by atoms with Crippen LogP contribution < -0.4 is 0 Å². The van der Waals surface area contributed by atoms with Crippen LogP contribution in [-0.2, 0) is 9.53 Å². The van der Waals surface area contributed by atoms with Crippen molar-refractivity contribution in [1.82, 2.24) is 0 Å². The molecule has 0 saturated heterocycles. The fourth-order valence-corrected chi connectivity index (χ4v) is 1.45. The Labute approximate surface area is 70.7 Å². The van der Waals surface area contributed by atoms with Gasteiger partial charge in [-0.15, -0.1) is 0 Å². The van der Waals surface area contributed by atoms with Crippen LogP contribution >= 0.6 is 0 Å². The zero-order chi connectivity index (χ0) is 8.97. The molecule has 0 aromatic rings. The van der Waals surface area contributed by atoms with Crippen molar-refractivity contribution in [1.29, 1.82) is 5.26 Å². The molecule has 0 aromatic carbocycles. The van der Waals surface area contributed by atoms with Gasteiger partial charge >= 0.3 is 5.97 Å². The van der Waals surface area contributed by atoms with Gasteiger partial charge in [-0.25, -0.2) is 4.79 Å². The average Bonchev–Trinajstić information content (AvgIpc) is 2.47. The SMILES string of the molecule is N#CC1CCCC1OCC(=O)O. The first-order valence-corrected chi connectivity index (χ1v) is 3.97. The third-order valence-corrected chi connectivity index (χ3v) is 2.04. The Bertz CT molecular complexity index is 209. The highest BCUT2D eigenvalue weighted by atomic mass is 16.5. The van der Waals surface area contributed by atoms with Crippen LogP contribution in [0.25, 0.3) is 0 Å². The number of ether oxygens (including phenoxy) is 1. The van der Waals surface area contributed by atoms with Crippen molar-refractivity contribution in [2.24, 2.45) is 5.92 Å². The summed E-state index contributed by atoms with van der Waals surface area (Å²) >= 11 is 0. The molecule has 1 rings (SSSR count). The largest absolute Gasteiger partial charge is 0.480 e. The minimum atomic E-state index is -0.974. The van der Waals surface area contributed by atoms with E-state index in [1.54, 1.807) is 0 Å². The molecule has 0 aliphatic heterocycles. The van der Waals surface area contributed by atoms with Gasteiger partial charge in [0, 0.05) is 0 Å². The van der Waals surface area contributed by atoms with Crippen LogP contribution in [0.5, 0.6) is 0 Å². The minimum absolute atomic E-state index is 0.107. The summed E-state index contributed by atoms with van der Waals surface area (Å²) in [6.45, 7) is -0.289. The van der Waals surface area contributed by atoms with Crippen LogP contribution in [0.3, 0.4) is 0 Å². The van der Waals surface area contributed by atoms with E-state index in [1.165, 1.54) is 0 Å². The molecule has 0 bridgehead atoms. The van der Waals surface area contributed by atoms with Gasteiger partial charge in [0.15, 0.2) is 0 Å². The number of carbonyl (C=O) groups is 1. The van der Waals surface area contributed by atoms with Crippen LogP contribution in [0.15, 0.2) is 0 Å². The van der Waals surface area contributed by atoms with Gasteiger partial charge in [-0.05, 0) is 19.3 Å². The fraction of sp³-hybridized carbons (Fsp3) is 0.750. The average molecular weight is 169 g/mol. The monoisotopic (exact) mass is 169 g/mol. The quantitative estimate of drug-likeness (QED) is 0.677. The van der Waals surface area contributed by atoms with Crippen molar-refractivity contribution in [2.75, 3.05) is 6.61 Å². The third kappa shape index (κ3) is 2.21. The Morgan fingerprint density at radius 1 is 1.67 bits per heavy atom. The maximum atomic E-state index is 10.1. The first kappa shape index (κ1) is 9.01. The van der Waals surface area contributed by atoms with Crippen molar-refractivity contribution in [3.05, 3.63) is 0 Å². The van der Waals surface area contributed by atoms with Crippen LogP contribution in [-0.4, -0.2) is 23.8 Å². The number of aliphatic carboxylic acids is 1. The summed E-state index contributed by atoms with van der Waals surface area (Å²) in [7, 11) is 0. The predicted octanol–water partition coefficient (Wildman–Crippen LogP) is 0.780. The molecule has 12 heavy (non-hydrogen) atoms. The lowest BCUT2D eigenvalue weighted by atomic mass is 10.1. The Morgan fingerprint density at radius 2 is 2.42 bits per heavy atom. The van der Waals surface area contributed by atoms with E-state index in [0.29, 0.717) is 0 Å². The molecule has 2 unspecified atom stereocenters. The Kier molecular flexibility index (Phi) is 3.06. The van der Waals surface area contributed by atoms with E-state index in [0.717, 1.165) is 19.3 Å².